The van der Waals surface area contributed by atoms with Crippen LogP contribution in [0.4, 0.5) is 28.2 Å². The lowest BCUT2D eigenvalue weighted by molar-refractivity contribution is -0.137. The maximum Gasteiger partial charge on any atom is 0.416 e. The standard InChI is InChI=1S/C24H17ClF4N4O2/c25-18-6-7-20(30-14-18)23(13-15-4-2-1-3-5-15,32-22(34)31-21-8-9-35-33-21)16-10-17(24(27,28)29)12-19(26)11-16/h1-12,14H,13H2,(H2,31,32,33,34). The number of alkyl halides is 3. The Labute approximate surface area is 201 Å². The van der Waals surface area contributed by atoms with Gasteiger partial charge in [-0.25, -0.2) is 9.18 Å². The van der Waals surface area contributed by atoms with Crippen LogP contribution in [0.3, 0.4) is 0 Å². The van der Waals surface area contributed by atoms with Crippen LogP contribution in [-0.4, -0.2) is 16.2 Å². The van der Waals surface area contributed by atoms with Crippen molar-refractivity contribution in [2.45, 2.75) is 18.1 Å². The zero-order chi connectivity index (χ0) is 25.1. The molecule has 2 amide bonds. The van der Waals surface area contributed by atoms with Crippen LogP contribution in [0.25, 0.3) is 0 Å². The highest BCUT2D eigenvalue weighted by atomic mass is 35.5. The van der Waals surface area contributed by atoms with Crippen molar-refractivity contribution in [1.82, 2.24) is 15.5 Å². The summed E-state index contributed by atoms with van der Waals surface area (Å²) in [4.78, 5) is 17.3. The van der Waals surface area contributed by atoms with Crippen molar-refractivity contribution >= 4 is 23.4 Å². The normalized spacial score (nSPS) is 13.2. The summed E-state index contributed by atoms with van der Waals surface area (Å²) < 4.78 is 60.1. The van der Waals surface area contributed by atoms with Crippen molar-refractivity contribution in [3.8, 4) is 0 Å². The molecular weight excluding hydrogens is 488 g/mol. The van der Waals surface area contributed by atoms with Gasteiger partial charge in [0.15, 0.2) is 5.82 Å². The van der Waals surface area contributed by atoms with Crippen LogP contribution in [0.5, 0.6) is 0 Å². The van der Waals surface area contributed by atoms with Crippen LogP contribution in [0.15, 0.2) is 83.7 Å². The minimum Gasteiger partial charge on any atom is -0.363 e. The molecule has 2 aromatic heterocycles. The predicted molar refractivity (Wildman–Crippen MR) is 120 cm³/mol. The fourth-order valence-electron chi connectivity index (χ4n) is 3.67. The molecule has 0 aliphatic heterocycles. The lowest BCUT2D eigenvalue weighted by atomic mass is 9.80. The number of nitrogens with zero attached hydrogens (tertiary/aromatic N) is 2. The Balaban J connectivity index is 1.92. The number of halogens is 5. The Hall–Kier alpha value is -3.92. The third kappa shape index (κ3) is 5.60. The van der Waals surface area contributed by atoms with Gasteiger partial charge in [0.05, 0.1) is 16.3 Å². The quantitative estimate of drug-likeness (QED) is 0.307. The van der Waals surface area contributed by atoms with Crippen molar-refractivity contribution in [3.63, 3.8) is 0 Å². The van der Waals surface area contributed by atoms with Crippen molar-refractivity contribution < 1.29 is 26.9 Å². The first kappa shape index (κ1) is 24.2. The summed E-state index contributed by atoms with van der Waals surface area (Å²) in [5.41, 5.74) is -2.33. The summed E-state index contributed by atoms with van der Waals surface area (Å²) in [7, 11) is 0. The molecule has 6 nitrogen and oxygen atoms in total. The second kappa shape index (κ2) is 9.75. The summed E-state index contributed by atoms with van der Waals surface area (Å²) >= 11 is 5.99. The molecule has 1 atom stereocenters. The van der Waals surface area contributed by atoms with Crippen molar-refractivity contribution in [1.29, 1.82) is 0 Å². The molecule has 0 aliphatic rings. The van der Waals surface area contributed by atoms with E-state index in [0.717, 1.165) is 12.1 Å². The maximum absolute atomic E-state index is 14.6. The van der Waals surface area contributed by atoms with Gasteiger partial charge in [0.1, 0.15) is 17.6 Å². The molecule has 0 radical (unpaired) electrons. The molecule has 0 saturated carbocycles. The molecule has 0 saturated heterocycles. The van der Waals surface area contributed by atoms with E-state index in [4.69, 9.17) is 16.1 Å². The number of amides is 2. The molecule has 2 aromatic carbocycles. The fraction of sp³-hybridized carbons (Fsp3) is 0.125. The molecule has 1 unspecified atom stereocenters. The van der Waals surface area contributed by atoms with E-state index in [1.165, 1.54) is 30.7 Å². The van der Waals surface area contributed by atoms with Gasteiger partial charge in [0.2, 0.25) is 0 Å². The fourth-order valence-corrected chi connectivity index (χ4v) is 3.78. The molecule has 180 valence electrons. The molecule has 35 heavy (non-hydrogen) atoms. The van der Waals surface area contributed by atoms with E-state index < -0.39 is 29.1 Å². The molecule has 0 spiro atoms. The number of nitrogens with one attached hydrogen (secondary N) is 2. The number of carbonyl (C=O) groups excluding carboxylic acids is 1. The van der Waals surface area contributed by atoms with Gasteiger partial charge in [-0.3, -0.25) is 10.3 Å². The lowest BCUT2D eigenvalue weighted by Gasteiger charge is -2.35. The van der Waals surface area contributed by atoms with Gasteiger partial charge >= 0.3 is 12.2 Å². The summed E-state index contributed by atoms with van der Waals surface area (Å²) in [6.45, 7) is 0. The minimum absolute atomic E-state index is 0.0601. The largest absolute Gasteiger partial charge is 0.416 e. The molecule has 11 heteroatoms. The van der Waals surface area contributed by atoms with Gasteiger partial charge in [-0.15, -0.1) is 0 Å². The first-order valence-corrected chi connectivity index (χ1v) is 10.6. The summed E-state index contributed by atoms with van der Waals surface area (Å²) in [5.74, 6) is -1.06. The number of carbonyl (C=O) groups is 1. The van der Waals surface area contributed by atoms with Gasteiger partial charge in [0.25, 0.3) is 0 Å². The number of aromatic nitrogens is 2. The molecule has 0 bridgehead atoms. The number of hydrogen-bond acceptors (Lipinski definition) is 4. The van der Waals surface area contributed by atoms with E-state index in [0.29, 0.717) is 11.6 Å². The van der Waals surface area contributed by atoms with Crippen LogP contribution in [-0.2, 0) is 18.1 Å². The van der Waals surface area contributed by atoms with Gasteiger partial charge < -0.3 is 9.84 Å². The highest BCUT2D eigenvalue weighted by Crippen LogP contribution is 2.38. The smallest absolute Gasteiger partial charge is 0.363 e. The third-order valence-electron chi connectivity index (χ3n) is 5.20. The highest BCUT2D eigenvalue weighted by Gasteiger charge is 2.41. The summed E-state index contributed by atoms with van der Waals surface area (Å²) in [6.07, 6.45) is -2.37. The van der Waals surface area contributed by atoms with E-state index in [9.17, 15) is 22.4 Å². The van der Waals surface area contributed by atoms with Crippen LogP contribution >= 0.6 is 11.6 Å². The Morgan fingerprint density at radius 1 is 1.00 bits per heavy atom. The predicted octanol–water partition coefficient (Wildman–Crippen LogP) is 6.19. The zero-order valence-corrected chi connectivity index (χ0v) is 18.6. The monoisotopic (exact) mass is 504 g/mol. The van der Waals surface area contributed by atoms with Crippen LogP contribution in [0.2, 0.25) is 5.02 Å². The average molecular weight is 505 g/mol. The van der Waals surface area contributed by atoms with Crippen molar-refractivity contribution in [2.75, 3.05) is 5.32 Å². The van der Waals surface area contributed by atoms with Crippen LogP contribution in [0.1, 0.15) is 22.4 Å². The first-order chi connectivity index (χ1) is 16.7. The van der Waals surface area contributed by atoms with Gasteiger partial charge in [-0.05, 0) is 41.5 Å². The number of rotatable bonds is 6. The summed E-state index contributed by atoms with van der Waals surface area (Å²) in [6, 6.07) is 14.3. The molecule has 0 aliphatic carbocycles. The molecular formula is C24H17ClF4N4O2. The Morgan fingerprint density at radius 3 is 2.37 bits per heavy atom. The third-order valence-corrected chi connectivity index (χ3v) is 5.42. The lowest BCUT2D eigenvalue weighted by Crippen LogP contribution is -2.51. The molecule has 0 fully saturated rings. The zero-order valence-electron chi connectivity index (χ0n) is 17.8. The second-order valence-electron chi connectivity index (χ2n) is 7.62. The van der Waals surface area contributed by atoms with Gasteiger partial charge in [-0.1, -0.05) is 47.1 Å². The van der Waals surface area contributed by atoms with E-state index in [-0.39, 0.29) is 28.5 Å². The topological polar surface area (TPSA) is 80.0 Å². The van der Waals surface area contributed by atoms with Crippen LogP contribution < -0.4 is 10.6 Å². The van der Waals surface area contributed by atoms with E-state index >= 15 is 0 Å². The first-order valence-electron chi connectivity index (χ1n) is 10.2. The number of pyridine rings is 1. The number of urea groups is 1. The van der Waals surface area contributed by atoms with E-state index in [1.807, 2.05) is 0 Å². The molecule has 4 rings (SSSR count). The van der Waals surface area contributed by atoms with Crippen molar-refractivity contribution in [3.05, 3.63) is 112 Å². The second-order valence-corrected chi connectivity index (χ2v) is 8.06. The van der Waals surface area contributed by atoms with E-state index in [1.54, 1.807) is 30.3 Å². The number of benzene rings is 2. The Bertz CT molecular complexity index is 1300. The Kier molecular flexibility index (Phi) is 6.74. The summed E-state index contributed by atoms with van der Waals surface area (Å²) in [5, 5.41) is 9.02. The van der Waals surface area contributed by atoms with Crippen LogP contribution in [0, 0.1) is 5.82 Å². The van der Waals surface area contributed by atoms with E-state index in [2.05, 4.69) is 20.8 Å². The Morgan fingerprint density at radius 2 is 1.74 bits per heavy atom. The number of hydrogen-bond donors (Lipinski definition) is 2. The number of anilines is 1. The SMILES string of the molecule is O=C(Nc1ccon1)NC(Cc1ccccc1)(c1cc(F)cc(C(F)(F)F)c1)c1ccc(Cl)cn1. The highest BCUT2D eigenvalue weighted by molar-refractivity contribution is 6.30. The van der Waals surface area contributed by atoms with Gasteiger partial charge in [-0.2, -0.15) is 13.2 Å². The molecule has 2 heterocycles. The van der Waals surface area contributed by atoms with Gasteiger partial charge in [0, 0.05) is 18.7 Å². The maximum atomic E-state index is 14.6. The minimum atomic E-state index is -4.83. The average Bonchev–Trinajstić information content (AvgIpc) is 3.31. The molecule has 2 N–H and O–H groups in total. The van der Waals surface area contributed by atoms with Crippen molar-refractivity contribution in [2.24, 2.45) is 0 Å². The molecule has 4 aromatic rings.